The zero-order chi connectivity index (χ0) is 23.5. The Balaban J connectivity index is 1.71. The van der Waals surface area contributed by atoms with Gasteiger partial charge in [-0.2, -0.15) is 0 Å². The van der Waals surface area contributed by atoms with E-state index in [0.29, 0.717) is 27.2 Å². The number of halogens is 1. The summed E-state index contributed by atoms with van der Waals surface area (Å²) in [4.78, 5) is 12.7. The maximum atomic E-state index is 12.7. The molecule has 3 aromatic rings. The van der Waals surface area contributed by atoms with E-state index in [4.69, 9.17) is 4.74 Å². The average Bonchev–Trinajstić information content (AvgIpc) is 2.68. The maximum Gasteiger partial charge on any atom is 0.261 e. The molecule has 2 N–H and O–H groups in total. The number of hydrogen-bond acceptors (Lipinski definition) is 4. The summed E-state index contributed by atoms with van der Waals surface area (Å²) < 4.78 is 34.3. The number of hydrogen-bond donors (Lipinski definition) is 2. The summed E-state index contributed by atoms with van der Waals surface area (Å²) in [5.74, 6) is 0.341. The molecule has 168 valence electrons. The maximum absolute atomic E-state index is 12.7. The number of ether oxygens (including phenoxy) is 1. The second kappa shape index (κ2) is 9.75. The van der Waals surface area contributed by atoms with Gasteiger partial charge in [0.1, 0.15) is 5.75 Å². The van der Waals surface area contributed by atoms with Gasteiger partial charge in [0, 0.05) is 16.9 Å². The van der Waals surface area contributed by atoms with Crippen LogP contribution in [-0.4, -0.2) is 20.4 Å². The molecule has 0 bridgehead atoms. The second-order valence-electron chi connectivity index (χ2n) is 7.77. The molecule has 6 nitrogen and oxygen atoms in total. The van der Waals surface area contributed by atoms with Gasteiger partial charge in [-0.3, -0.25) is 9.52 Å². The molecule has 0 aromatic heterocycles. The number of carbonyl (C=O) groups excluding carboxylic acids is 1. The summed E-state index contributed by atoms with van der Waals surface area (Å²) >= 11 is 3.42. The predicted molar refractivity (Wildman–Crippen MR) is 131 cm³/mol. The standard InChI is InChI=1S/C24H25BrN2O4S/c1-15(2)31-23-10-5-18(14-22(23)25)24(28)26-19-6-8-21(9-7-19)32(29,30)27-20-12-16(3)11-17(4)13-20/h5-15,27H,1-4H3,(H,26,28). The van der Waals surface area contributed by atoms with Gasteiger partial charge in [-0.15, -0.1) is 0 Å². The molecule has 0 atom stereocenters. The van der Waals surface area contributed by atoms with Gasteiger partial charge in [0.05, 0.1) is 15.5 Å². The van der Waals surface area contributed by atoms with Crippen LogP contribution in [0.4, 0.5) is 11.4 Å². The Bertz CT molecular complexity index is 1220. The van der Waals surface area contributed by atoms with Gasteiger partial charge in [-0.1, -0.05) is 6.07 Å². The highest BCUT2D eigenvalue weighted by Gasteiger charge is 2.15. The Morgan fingerprint density at radius 2 is 1.53 bits per heavy atom. The lowest BCUT2D eigenvalue weighted by Gasteiger charge is -2.13. The van der Waals surface area contributed by atoms with E-state index in [9.17, 15) is 13.2 Å². The number of sulfonamides is 1. The topological polar surface area (TPSA) is 84.5 Å². The third kappa shape index (κ3) is 6.11. The first-order valence-corrected chi connectivity index (χ1v) is 12.3. The van der Waals surface area contributed by atoms with Crippen LogP contribution in [0.1, 0.15) is 35.3 Å². The van der Waals surface area contributed by atoms with Crippen molar-refractivity contribution in [2.24, 2.45) is 0 Å². The van der Waals surface area contributed by atoms with Crippen LogP contribution in [0.15, 0.2) is 70.0 Å². The van der Waals surface area contributed by atoms with Gasteiger partial charge in [0.15, 0.2) is 0 Å². The highest BCUT2D eigenvalue weighted by atomic mass is 79.9. The highest BCUT2D eigenvalue weighted by molar-refractivity contribution is 9.10. The molecular weight excluding hydrogens is 492 g/mol. The zero-order valence-electron chi connectivity index (χ0n) is 18.3. The van der Waals surface area contributed by atoms with Crippen LogP contribution in [-0.2, 0) is 10.0 Å². The minimum Gasteiger partial charge on any atom is -0.490 e. The number of nitrogens with one attached hydrogen (secondary N) is 2. The van der Waals surface area contributed by atoms with Crippen LogP contribution in [0.2, 0.25) is 0 Å². The molecule has 0 aliphatic heterocycles. The molecule has 3 aromatic carbocycles. The molecule has 32 heavy (non-hydrogen) atoms. The quantitative estimate of drug-likeness (QED) is 0.408. The Kier molecular flexibility index (Phi) is 7.26. The lowest BCUT2D eigenvalue weighted by atomic mass is 10.1. The largest absolute Gasteiger partial charge is 0.490 e. The fourth-order valence-electron chi connectivity index (χ4n) is 3.16. The van der Waals surface area contributed by atoms with Gasteiger partial charge in [0.2, 0.25) is 0 Å². The van der Waals surface area contributed by atoms with E-state index >= 15 is 0 Å². The van der Waals surface area contributed by atoms with Crippen molar-refractivity contribution in [2.45, 2.75) is 38.7 Å². The second-order valence-corrected chi connectivity index (χ2v) is 10.3. The van der Waals surface area contributed by atoms with Crippen molar-refractivity contribution in [3.05, 3.63) is 81.8 Å². The van der Waals surface area contributed by atoms with Crippen molar-refractivity contribution in [3.63, 3.8) is 0 Å². The minimum atomic E-state index is -3.75. The zero-order valence-corrected chi connectivity index (χ0v) is 20.7. The third-order valence-electron chi connectivity index (χ3n) is 4.45. The summed E-state index contributed by atoms with van der Waals surface area (Å²) in [6.45, 7) is 7.67. The number of amides is 1. The van der Waals surface area contributed by atoms with E-state index in [0.717, 1.165) is 11.1 Å². The van der Waals surface area contributed by atoms with Gasteiger partial charge in [-0.05, 0) is 109 Å². The molecule has 1 amide bonds. The Hall–Kier alpha value is -2.84. The first-order chi connectivity index (χ1) is 15.0. The summed E-state index contributed by atoms with van der Waals surface area (Å²) in [6, 6.07) is 16.6. The molecule has 0 spiro atoms. The van der Waals surface area contributed by atoms with E-state index in [1.807, 2.05) is 33.8 Å². The summed E-state index contributed by atoms with van der Waals surface area (Å²) in [6.07, 6.45) is 0.0187. The number of rotatable bonds is 7. The first-order valence-electron chi connectivity index (χ1n) is 10.0. The SMILES string of the molecule is Cc1cc(C)cc(NS(=O)(=O)c2ccc(NC(=O)c3ccc(OC(C)C)c(Br)c3)cc2)c1. The third-order valence-corrected chi connectivity index (χ3v) is 6.47. The molecule has 0 fully saturated rings. The number of anilines is 2. The van der Waals surface area contributed by atoms with Crippen LogP contribution < -0.4 is 14.8 Å². The molecule has 0 saturated carbocycles. The summed E-state index contributed by atoms with van der Waals surface area (Å²) in [7, 11) is -3.75. The van der Waals surface area contributed by atoms with Crippen molar-refractivity contribution in [3.8, 4) is 5.75 Å². The Morgan fingerprint density at radius 1 is 0.906 bits per heavy atom. The summed E-state index contributed by atoms with van der Waals surface area (Å²) in [5, 5.41) is 2.77. The molecule has 0 aliphatic carbocycles. The Morgan fingerprint density at radius 3 is 2.09 bits per heavy atom. The molecule has 0 radical (unpaired) electrons. The molecule has 0 saturated heterocycles. The minimum absolute atomic E-state index is 0.0187. The van der Waals surface area contributed by atoms with Gasteiger partial charge in [0.25, 0.3) is 15.9 Å². The van der Waals surface area contributed by atoms with Crippen LogP contribution in [0.5, 0.6) is 5.75 Å². The van der Waals surface area contributed by atoms with Crippen molar-refractivity contribution < 1.29 is 17.9 Å². The van der Waals surface area contributed by atoms with Crippen LogP contribution in [0.25, 0.3) is 0 Å². The molecule has 3 rings (SSSR count). The lowest BCUT2D eigenvalue weighted by molar-refractivity contribution is 0.102. The first kappa shape index (κ1) is 23.8. The lowest BCUT2D eigenvalue weighted by Crippen LogP contribution is -2.14. The average molecular weight is 517 g/mol. The van der Waals surface area contributed by atoms with Crippen molar-refractivity contribution in [2.75, 3.05) is 10.0 Å². The number of benzene rings is 3. The highest BCUT2D eigenvalue weighted by Crippen LogP contribution is 2.27. The van der Waals surface area contributed by atoms with E-state index in [-0.39, 0.29) is 16.9 Å². The van der Waals surface area contributed by atoms with E-state index in [2.05, 4.69) is 26.0 Å². The molecule has 0 aliphatic rings. The normalized spacial score (nSPS) is 11.3. The van der Waals surface area contributed by atoms with E-state index in [1.165, 1.54) is 12.1 Å². The van der Waals surface area contributed by atoms with Gasteiger partial charge in [-0.25, -0.2) is 8.42 Å². The molecule has 0 unspecified atom stereocenters. The number of aryl methyl sites for hydroxylation is 2. The van der Waals surface area contributed by atoms with Crippen LogP contribution in [0.3, 0.4) is 0 Å². The monoisotopic (exact) mass is 516 g/mol. The molecule has 8 heteroatoms. The fraction of sp³-hybridized carbons (Fsp3) is 0.208. The van der Waals surface area contributed by atoms with E-state index < -0.39 is 10.0 Å². The van der Waals surface area contributed by atoms with Crippen molar-refractivity contribution >= 4 is 43.2 Å². The van der Waals surface area contributed by atoms with Crippen molar-refractivity contribution in [1.82, 2.24) is 0 Å². The van der Waals surface area contributed by atoms with Crippen molar-refractivity contribution in [1.29, 1.82) is 0 Å². The van der Waals surface area contributed by atoms with Crippen LogP contribution in [0, 0.1) is 13.8 Å². The smallest absolute Gasteiger partial charge is 0.261 e. The number of carbonyl (C=O) groups is 1. The molecule has 0 heterocycles. The Labute approximate surface area is 197 Å². The predicted octanol–water partition coefficient (Wildman–Crippen LogP) is 5.91. The molecular formula is C24H25BrN2O4S. The van der Waals surface area contributed by atoms with E-state index in [1.54, 1.807) is 42.5 Å². The van der Waals surface area contributed by atoms with Crippen LogP contribution >= 0.6 is 15.9 Å². The fourth-order valence-corrected chi connectivity index (χ4v) is 4.67. The van der Waals surface area contributed by atoms with Gasteiger partial charge >= 0.3 is 0 Å². The van der Waals surface area contributed by atoms with Gasteiger partial charge < -0.3 is 10.1 Å². The summed E-state index contributed by atoms with van der Waals surface area (Å²) in [5.41, 5.74) is 3.38.